The first-order chi connectivity index (χ1) is 8.44. The zero-order valence-corrected chi connectivity index (χ0v) is 12.4. The van der Waals surface area contributed by atoms with Gasteiger partial charge in [0.15, 0.2) is 9.84 Å². The third-order valence-corrected chi connectivity index (χ3v) is 4.39. The standard InChI is InChI=1S/C11H10BrNO3S2/c12-8-1-3-10(4-2-8)16-11(17)13-9-5-6-18(14,15)7-9/h1-5H,6-7H2,(H,13,17). The van der Waals surface area contributed by atoms with Crippen LogP contribution < -0.4 is 10.1 Å². The Morgan fingerprint density at radius 2 is 2.00 bits per heavy atom. The van der Waals surface area contributed by atoms with Crippen molar-refractivity contribution in [1.29, 1.82) is 0 Å². The average molecular weight is 348 g/mol. The van der Waals surface area contributed by atoms with Crippen LogP contribution in [0.2, 0.25) is 0 Å². The molecule has 1 aliphatic heterocycles. The monoisotopic (exact) mass is 347 g/mol. The van der Waals surface area contributed by atoms with E-state index in [2.05, 4.69) is 21.2 Å². The van der Waals surface area contributed by atoms with Crippen molar-refractivity contribution in [2.75, 3.05) is 11.5 Å². The Kier molecular flexibility index (Phi) is 4.04. The van der Waals surface area contributed by atoms with Gasteiger partial charge >= 0.3 is 0 Å². The van der Waals surface area contributed by atoms with Gasteiger partial charge in [0.25, 0.3) is 5.17 Å². The van der Waals surface area contributed by atoms with Gasteiger partial charge in [-0.1, -0.05) is 15.9 Å². The summed E-state index contributed by atoms with van der Waals surface area (Å²) in [5, 5.41) is 2.92. The first-order valence-electron chi connectivity index (χ1n) is 5.08. The SMILES string of the molecule is O=S1(=O)CC=C(NC(=S)Oc2ccc(Br)cc2)C1. The second-order valence-corrected chi connectivity index (χ2v) is 7.15. The number of benzene rings is 1. The second kappa shape index (κ2) is 5.38. The lowest BCUT2D eigenvalue weighted by Crippen LogP contribution is -2.27. The summed E-state index contributed by atoms with van der Waals surface area (Å²) in [7, 11) is -3.00. The molecule has 0 atom stereocenters. The van der Waals surface area contributed by atoms with Crippen LogP contribution in [0.1, 0.15) is 0 Å². The van der Waals surface area contributed by atoms with E-state index in [0.29, 0.717) is 11.4 Å². The van der Waals surface area contributed by atoms with Crippen LogP contribution in [0.3, 0.4) is 0 Å². The van der Waals surface area contributed by atoms with Crippen LogP contribution in [0.4, 0.5) is 0 Å². The van der Waals surface area contributed by atoms with Gasteiger partial charge in [-0.15, -0.1) is 0 Å². The van der Waals surface area contributed by atoms with E-state index in [1.165, 1.54) is 0 Å². The summed E-state index contributed by atoms with van der Waals surface area (Å²) in [4.78, 5) is 0. The lowest BCUT2D eigenvalue weighted by atomic mass is 10.3. The molecule has 0 aromatic heterocycles. The highest BCUT2D eigenvalue weighted by Crippen LogP contribution is 2.16. The Labute approximate surface area is 119 Å². The first-order valence-corrected chi connectivity index (χ1v) is 8.11. The Balaban J connectivity index is 1.92. The highest BCUT2D eigenvalue weighted by molar-refractivity contribution is 9.10. The van der Waals surface area contributed by atoms with Crippen molar-refractivity contribution in [1.82, 2.24) is 5.32 Å². The summed E-state index contributed by atoms with van der Waals surface area (Å²) in [6.07, 6.45) is 1.60. The normalized spacial score (nSPS) is 17.1. The summed E-state index contributed by atoms with van der Waals surface area (Å²) in [5.74, 6) is 0.629. The quantitative estimate of drug-likeness (QED) is 0.829. The third kappa shape index (κ3) is 3.79. The summed E-state index contributed by atoms with van der Waals surface area (Å²) in [6, 6.07) is 7.18. The van der Waals surface area contributed by atoms with Crippen molar-refractivity contribution < 1.29 is 13.2 Å². The van der Waals surface area contributed by atoms with Crippen molar-refractivity contribution in [3.8, 4) is 5.75 Å². The number of hydrogen-bond acceptors (Lipinski definition) is 4. The lowest BCUT2D eigenvalue weighted by molar-refractivity contribution is 0.542. The highest BCUT2D eigenvalue weighted by atomic mass is 79.9. The maximum Gasteiger partial charge on any atom is 0.266 e. The van der Waals surface area contributed by atoms with Gasteiger partial charge < -0.3 is 10.1 Å². The second-order valence-electron chi connectivity index (χ2n) is 3.75. The summed E-state index contributed by atoms with van der Waals surface area (Å²) < 4.78 is 28.8. The van der Waals surface area contributed by atoms with E-state index in [1.54, 1.807) is 18.2 Å². The molecule has 0 amide bonds. The number of nitrogens with one attached hydrogen (secondary N) is 1. The Bertz CT molecular complexity index is 593. The number of hydrogen-bond donors (Lipinski definition) is 1. The maximum atomic E-state index is 11.2. The van der Waals surface area contributed by atoms with Crippen LogP contribution in [-0.4, -0.2) is 25.1 Å². The summed E-state index contributed by atoms with van der Waals surface area (Å²) in [5.41, 5.74) is 0.567. The zero-order valence-electron chi connectivity index (χ0n) is 9.22. The smallest absolute Gasteiger partial charge is 0.266 e. The van der Waals surface area contributed by atoms with E-state index in [4.69, 9.17) is 17.0 Å². The van der Waals surface area contributed by atoms with Crippen LogP contribution in [0, 0.1) is 0 Å². The number of ether oxygens (including phenoxy) is 1. The van der Waals surface area contributed by atoms with Crippen molar-refractivity contribution in [3.05, 3.63) is 40.5 Å². The summed E-state index contributed by atoms with van der Waals surface area (Å²) in [6.45, 7) is 0. The fraction of sp³-hybridized carbons (Fsp3) is 0.182. The molecule has 1 N–H and O–H groups in total. The molecule has 2 rings (SSSR count). The Hall–Kier alpha value is -0.920. The predicted octanol–water partition coefficient (Wildman–Crippen LogP) is 2.01. The highest BCUT2D eigenvalue weighted by Gasteiger charge is 2.20. The molecule has 0 fully saturated rings. The van der Waals surface area contributed by atoms with Crippen LogP contribution in [0.25, 0.3) is 0 Å². The van der Waals surface area contributed by atoms with E-state index < -0.39 is 9.84 Å². The predicted molar refractivity (Wildman–Crippen MR) is 77.2 cm³/mol. The molecular weight excluding hydrogens is 338 g/mol. The van der Waals surface area contributed by atoms with Crippen molar-refractivity contribution in [2.45, 2.75) is 0 Å². The van der Waals surface area contributed by atoms with E-state index in [0.717, 1.165) is 4.47 Å². The molecule has 0 saturated heterocycles. The number of thiocarbonyl (C=S) groups is 1. The topological polar surface area (TPSA) is 55.4 Å². The fourth-order valence-corrected chi connectivity index (χ4v) is 3.16. The Morgan fingerprint density at radius 1 is 1.33 bits per heavy atom. The van der Waals surface area contributed by atoms with E-state index >= 15 is 0 Å². The van der Waals surface area contributed by atoms with Crippen molar-refractivity contribution in [2.24, 2.45) is 0 Å². The lowest BCUT2D eigenvalue weighted by Gasteiger charge is -2.09. The largest absolute Gasteiger partial charge is 0.432 e. The number of sulfone groups is 1. The van der Waals surface area contributed by atoms with Gasteiger partial charge in [0.1, 0.15) is 5.75 Å². The molecule has 0 unspecified atom stereocenters. The van der Waals surface area contributed by atoms with E-state index in [9.17, 15) is 8.42 Å². The van der Waals surface area contributed by atoms with E-state index in [1.807, 2.05) is 12.1 Å². The maximum absolute atomic E-state index is 11.2. The molecule has 0 saturated carbocycles. The van der Waals surface area contributed by atoms with Crippen LogP contribution >= 0.6 is 28.1 Å². The minimum Gasteiger partial charge on any atom is -0.432 e. The minimum absolute atomic E-state index is 0.0170. The Morgan fingerprint density at radius 3 is 2.56 bits per heavy atom. The summed E-state index contributed by atoms with van der Waals surface area (Å²) >= 11 is 8.32. The fourth-order valence-electron chi connectivity index (χ4n) is 1.44. The van der Waals surface area contributed by atoms with E-state index in [-0.39, 0.29) is 16.7 Å². The molecule has 1 aromatic carbocycles. The van der Waals surface area contributed by atoms with Crippen LogP contribution in [-0.2, 0) is 9.84 Å². The zero-order chi connectivity index (χ0) is 13.2. The minimum atomic E-state index is -3.00. The molecule has 0 aliphatic carbocycles. The van der Waals surface area contributed by atoms with Gasteiger partial charge in [0.05, 0.1) is 11.5 Å². The van der Waals surface area contributed by atoms with Gasteiger partial charge in [-0.3, -0.25) is 0 Å². The molecule has 18 heavy (non-hydrogen) atoms. The van der Waals surface area contributed by atoms with Gasteiger partial charge in [0, 0.05) is 10.2 Å². The van der Waals surface area contributed by atoms with Gasteiger partial charge in [-0.25, -0.2) is 8.42 Å². The van der Waals surface area contributed by atoms with Crippen molar-refractivity contribution >= 4 is 43.2 Å². The molecule has 1 heterocycles. The molecule has 7 heteroatoms. The molecule has 1 aliphatic rings. The van der Waals surface area contributed by atoms with Gasteiger partial charge in [-0.2, -0.15) is 0 Å². The molecule has 0 spiro atoms. The van der Waals surface area contributed by atoms with Gasteiger partial charge in [0.2, 0.25) is 0 Å². The molecule has 4 nitrogen and oxygen atoms in total. The molecule has 0 radical (unpaired) electrons. The molecular formula is C11H10BrNO3S2. The average Bonchev–Trinajstić information content (AvgIpc) is 2.61. The molecule has 96 valence electrons. The first kappa shape index (κ1) is 13.5. The number of halogens is 1. The molecule has 1 aromatic rings. The van der Waals surface area contributed by atoms with Crippen LogP contribution in [0.15, 0.2) is 40.5 Å². The van der Waals surface area contributed by atoms with Gasteiger partial charge in [-0.05, 0) is 42.6 Å². The van der Waals surface area contributed by atoms with Crippen LogP contribution in [0.5, 0.6) is 5.75 Å². The van der Waals surface area contributed by atoms with Crippen molar-refractivity contribution in [3.63, 3.8) is 0 Å². The molecule has 0 bridgehead atoms. The third-order valence-electron chi connectivity index (χ3n) is 2.25. The number of rotatable bonds is 2.